The smallest absolute Gasteiger partial charge is 0.163 e. The summed E-state index contributed by atoms with van der Waals surface area (Å²) in [7, 11) is 0. The van der Waals surface area contributed by atoms with Gasteiger partial charge in [-0.25, -0.2) is 4.98 Å². The predicted octanol–water partition coefficient (Wildman–Crippen LogP) is 7.77. The summed E-state index contributed by atoms with van der Waals surface area (Å²) in [5, 5.41) is 7.73. The molecule has 144 valence electrons. The Hall–Kier alpha value is -3.54. The van der Waals surface area contributed by atoms with E-state index in [2.05, 4.69) is 69.0 Å². The van der Waals surface area contributed by atoms with Crippen LogP contribution in [0.15, 0.2) is 79.3 Å². The number of nitrogens with zero attached hydrogens (tertiary/aromatic N) is 3. The largest absolute Gasteiger partial charge is 0.298 e. The Kier molecular flexibility index (Phi) is 2.91. The van der Waals surface area contributed by atoms with E-state index in [4.69, 9.17) is 0 Å². The quantitative estimate of drug-likeness (QED) is 0.230. The molecule has 0 saturated heterocycles. The fourth-order valence-corrected chi connectivity index (χ4v) is 7.50. The first-order valence-electron chi connectivity index (χ1n) is 10.2. The zero-order chi connectivity index (χ0) is 20.1. The molecule has 3 nitrogen and oxygen atoms in total. The van der Waals surface area contributed by atoms with Crippen molar-refractivity contribution in [1.82, 2.24) is 14.4 Å². The van der Waals surface area contributed by atoms with E-state index in [1.807, 2.05) is 47.3 Å². The topological polar surface area (TPSA) is 30.2 Å². The first kappa shape index (κ1) is 16.2. The van der Waals surface area contributed by atoms with E-state index >= 15 is 0 Å². The van der Waals surface area contributed by atoms with Gasteiger partial charge in [0.1, 0.15) is 5.52 Å². The third-order valence-corrected chi connectivity index (χ3v) is 8.83. The van der Waals surface area contributed by atoms with Crippen LogP contribution in [0.5, 0.6) is 0 Å². The van der Waals surface area contributed by atoms with Gasteiger partial charge in [-0.15, -0.1) is 22.7 Å². The van der Waals surface area contributed by atoms with E-state index in [9.17, 15) is 0 Å². The summed E-state index contributed by atoms with van der Waals surface area (Å²) in [5.41, 5.74) is 3.04. The lowest BCUT2D eigenvalue weighted by Gasteiger charge is -2.08. The average Bonchev–Trinajstić information content (AvgIpc) is 3.53. The van der Waals surface area contributed by atoms with Crippen LogP contribution in [0, 0.1) is 0 Å². The predicted molar refractivity (Wildman–Crippen MR) is 134 cm³/mol. The molecule has 0 unspecified atom stereocenters. The van der Waals surface area contributed by atoms with Crippen LogP contribution in [0.4, 0.5) is 0 Å². The molecule has 3 aromatic carbocycles. The molecule has 5 aromatic heterocycles. The monoisotopic (exact) mass is 431 g/mol. The van der Waals surface area contributed by atoms with Crippen molar-refractivity contribution in [2.24, 2.45) is 0 Å². The SMILES string of the molecule is c1ccc2c(c1)sc1c2ccc2c3cc4c5cccnc5c5nccn5c4cc3sc21. The standard InChI is InChI=1S/C26H13N3S2/c1-2-6-21-14(4-1)16-7-8-17-19-12-18-15-5-3-9-27-23(15)26-28-10-11-29(26)20(18)13-22(19)31-25(17)24(16)30-21/h1-13H. The number of imidazole rings is 1. The summed E-state index contributed by atoms with van der Waals surface area (Å²) < 4.78 is 7.61. The zero-order valence-electron chi connectivity index (χ0n) is 16.2. The highest BCUT2D eigenvalue weighted by Gasteiger charge is 2.16. The number of thiophene rings is 2. The summed E-state index contributed by atoms with van der Waals surface area (Å²) in [5.74, 6) is 0. The minimum Gasteiger partial charge on any atom is -0.298 e. The van der Waals surface area contributed by atoms with Gasteiger partial charge in [0.2, 0.25) is 0 Å². The van der Waals surface area contributed by atoms with Gasteiger partial charge >= 0.3 is 0 Å². The van der Waals surface area contributed by atoms with Crippen molar-refractivity contribution in [3.8, 4) is 0 Å². The molecule has 5 heterocycles. The maximum Gasteiger partial charge on any atom is 0.163 e. The van der Waals surface area contributed by atoms with Crippen LogP contribution in [0.1, 0.15) is 0 Å². The van der Waals surface area contributed by atoms with E-state index in [0.717, 1.165) is 16.6 Å². The highest BCUT2D eigenvalue weighted by molar-refractivity contribution is 7.33. The van der Waals surface area contributed by atoms with Crippen molar-refractivity contribution < 1.29 is 0 Å². The molecular weight excluding hydrogens is 418 g/mol. The fourth-order valence-electron chi connectivity index (χ4n) is 4.94. The molecule has 8 rings (SSSR count). The van der Waals surface area contributed by atoms with Crippen LogP contribution in [0.2, 0.25) is 0 Å². The number of aromatic nitrogens is 3. The summed E-state index contributed by atoms with van der Waals surface area (Å²) in [4.78, 5) is 9.24. The minimum atomic E-state index is 0.912. The molecule has 5 heteroatoms. The summed E-state index contributed by atoms with van der Waals surface area (Å²) >= 11 is 3.80. The molecule has 0 radical (unpaired) electrons. The van der Waals surface area contributed by atoms with Crippen molar-refractivity contribution in [2.75, 3.05) is 0 Å². The van der Waals surface area contributed by atoms with Crippen LogP contribution in [-0.2, 0) is 0 Å². The lowest BCUT2D eigenvalue weighted by atomic mass is 10.0. The maximum absolute atomic E-state index is 4.65. The van der Waals surface area contributed by atoms with E-state index in [0.29, 0.717) is 0 Å². The van der Waals surface area contributed by atoms with Gasteiger partial charge < -0.3 is 0 Å². The lowest BCUT2D eigenvalue weighted by Crippen LogP contribution is -1.91. The molecule has 0 aliphatic rings. The van der Waals surface area contributed by atoms with Crippen molar-refractivity contribution in [2.45, 2.75) is 0 Å². The molecule has 0 N–H and O–H groups in total. The van der Waals surface area contributed by atoms with Crippen LogP contribution >= 0.6 is 22.7 Å². The Morgan fingerprint density at radius 2 is 1.42 bits per heavy atom. The molecule has 0 spiro atoms. The molecule has 0 bridgehead atoms. The molecule has 0 atom stereocenters. The highest BCUT2D eigenvalue weighted by atomic mass is 32.1. The Labute approximate surface area is 183 Å². The molecular formula is C26H13N3S2. The highest BCUT2D eigenvalue weighted by Crippen LogP contribution is 2.45. The molecule has 0 fully saturated rings. The Morgan fingerprint density at radius 3 is 2.35 bits per heavy atom. The van der Waals surface area contributed by atoms with E-state index in [-0.39, 0.29) is 0 Å². The van der Waals surface area contributed by atoms with Gasteiger partial charge in [0.15, 0.2) is 5.65 Å². The number of benzene rings is 3. The number of hydrogen-bond acceptors (Lipinski definition) is 4. The van der Waals surface area contributed by atoms with Crippen molar-refractivity contribution in [3.05, 3.63) is 79.3 Å². The lowest BCUT2D eigenvalue weighted by molar-refractivity contribution is 1.26. The molecule has 0 aliphatic carbocycles. The van der Waals surface area contributed by atoms with Gasteiger partial charge in [-0.1, -0.05) is 36.4 Å². The van der Waals surface area contributed by atoms with Gasteiger partial charge in [-0.3, -0.25) is 9.38 Å². The van der Waals surface area contributed by atoms with Crippen LogP contribution < -0.4 is 0 Å². The summed E-state index contributed by atoms with van der Waals surface area (Å²) in [6.45, 7) is 0. The Bertz CT molecular complexity index is 2010. The van der Waals surface area contributed by atoms with Gasteiger partial charge in [-0.05, 0) is 24.3 Å². The second kappa shape index (κ2) is 5.58. The zero-order valence-corrected chi connectivity index (χ0v) is 17.8. The Balaban J connectivity index is 1.61. The van der Waals surface area contributed by atoms with Gasteiger partial charge in [0.25, 0.3) is 0 Å². The number of pyridine rings is 2. The second-order valence-electron chi connectivity index (χ2n) is 7.91. The van der Waals surface area contributed by atoms with Crippen molar-refractivity contribution in [3.63, 3.8) is 0 Å². The molecule has 0 amide bonds. The number of fused-ring (bicyclic) bond motifs is 13. The fraction of sp³-hybridized carbons (Fsp3) is 0. The third-order valence-electron chi connectivity index (χ3n) is 6.31. The first-order chi connectivity index (χ1) is 15.4. The normalized spacial score (nSPS) is 12.5. The van der Waals surface area contributed by atoms with E-state index in [1.54, 1.807) is 0 Å². The third kappa shape index (κ3) is 1.98. The average molecular weight is 432 g/mol. The minimum absolute atomic E-state index is 0.912. The van der Waals surface area contributed by atoms with Crippen LogP contribution in [-0.4, -0.2) is 14.4 Å². The van der Waals surface area contributed by atoms with Gasteiger partial charge in [0.05, 0.1) is 14.9 Å². The van der Waals surface area contributed by atoms with Crippen LogP contribution in [0.25, 0.3) is 67.8 Å². The van der Waals surface area contributed by atoms with Crippen molar-refractivity contribution in [1.29, 1.82) is 0 Å². The number of hydrogen-bond donors (Lipinski definition) is 0. The van der Waals surface area contributed by atoms with Crippen molar-refractivity contribution >= 4 is 90.5 Å². The Morgan fingerprint density at radius 1 is 0.613 bits per heavy atom. The molecule has 31 heavy (non-hydrogen) atoms. The maximum atomic E-state index is 4.65. The summed E-state index contributed by atoms with van der Waals surface area (Å²) in [6, 6.07) is 22.2. The molecule has 8 aromatic rings. The summed E-state index contributed by atoms with van der Waals surface area (Å²) in [6.07, 6.45) is 5.74. The van der Waals surface area contributed by atoms with Gasteiger partial charge in [0, 0.05) is 60.3 Å². The van der Waals surface area contributed by atoms with Gasteiger partial charge in [-0.2, -0.15) is 0 Å². The van der Waals surface area contributed by atoms with Crippen LogP contribution in [0.3, 0.4) is 0 Å². The molecule has 0 aliphatic heterocycles. The van der Waals surface area contributed by atoms with E-state index < -0.39 is 0 Å². The molecule has 0 saturated carbocycles. The second-order valence-corrected chi connectivity index (χ2v) is 10.0. The number of rotatable bonds is 0. The van der Waals surface area contributed by atoms with E-state index in [1.165, 1.54) is 51.2 Å². The first-order valence-corrected chi connectivity index (χ1v) is 11.8.